The average Bonchev–Trinajstić information content (AvgIpc) is 2.29. The largest absolute Gasteiger partial charge is 0.383 e. The van der Waals surface area contributed by atoms with Crippen LogP contribution in [0.1, 0.15) is 12.6 Å². The fourth-order valence-electron chi connectivity index (χ4n) is 1.63. The van der Waals surface area contributed by atoms with Gasteiger partial charge >= 0.3 is 0 Å². The zero-order valence-electron chi connectivity index (χ0n) is 10.6. The zero-order valence-corrected chi connectivity index (χ0v) is 11.4. The van der Waals surface area contributed by atoms with Crippen LogP contribution in [0.3, 0.4) is 0 Å². The quantitative estimate of drug-likeness (QED) is 0.723. The first-order chi connectivity index (χ1) is 8.47. The minimum atomic E-state index is -3.67. The molecule has 1 unspecified atom stereocenters. The topological polar surface area (TPSA) is 94.3 Å². The Labute approximate surface area is 108 Å². The SMILES string of the molecule is CCNC(COC)Cc1ccc(S(N)(=O)=O)cn1. The summed E-state index contributed by atoms with van der Waals surface area (Å²) in [4.78, 5) is 4.12. The first kappa shape index (κ1) is 15.0. The highest BCUT2D eigenvalue weighted by atomic mass is 32.2. The van der Waals surface area contributed by atoms with E-state index in [0.717, 1.165) is 12.2 Å². The van der Waals surface area contributed by atoms with E-state index >= 15 is 0 Å². The Morgan fingerprint density at radius 3 is 2.67 bits per heavy atom. The molecule has 18 heavy (non-hydrogen) atoms. The highest BCUT2D eigenvalue weighted by Gasteiger charge is 2.11. The van der Waals surface area contributed by atoms with E-state index in [9.17, 15) is 8.42 Å². The van der Waals surface area contributed by atoms with Crippen molar-refractivity contribution in [1.82, 2.24) is 10.3 Å². The lowest BCUT2D eigenvalue weighted by molar-refractivity contribution is 0.166. The maximum atomic E-state index is 11.1. The van der Waals surface area contributed by atoms with Crippen LogP contribution in [-0.4, -0.2) is 39.7 Å². The maximum absolute atomic E-state index is 11.1. The van der Waals surface area contributed by atoms with Crippen molar-refractivity contribution in [3.05, 3.63) is 24.0 Å². The van der Waals surface area contributed by atoms with Crippen LogP contribution in [0.25, 0.3) is 0 Å². The lowest BCUT2D eigenvalue weighted by Gasteiger charge is -2.16. The van der Waals surface area contributed by atoms with Crippen molar-refractivity contribution in [2.45, 2.75) is 24.3 Å². The Bertz CT molecular complexity index is 453. The molecule has 0 amide bonds. The third kappa shape index (κ3) is 4.69. The normalized spacial score (nSPS) is 13.5. The Balaban J connectivity index is 2.73. The van der Waals surface area contributed by atoms with Gasteiger partial charge in [-0.2, -0.15) is 0 Å². The van der Waals surface area contributed by atoms with Crippen molar-refractivity contribution in [2.24, 2.45) is 5.14 Å². The Kier molecular flexibility index (Phi) is 5.67. The van der Waals surface area contributed by atoms with Crippen LogP contribution in [0.15, 0.2) is 23.2 Å². The molecule has 0 aromatic carbocycles. The molecule has 0 saturated carbocycles. The Morgan fingerprint density at radius 1 is 1.50 bits per heavy atom. The van der Waals surface area contributed by atoms with Gasteiger partial charge in [0.25, 0.3) is 0 Å². The van der Waals surface area contributed by atoms with Crippen LogP contribution in [0.4, 0.5) is 0 Å². The molecule has 1 aromatic rings. The zero-order chi connectivity index (χ0) is 13.6. The van der Waals surface area contributed by atoms with E-state index in [1.165, 1.54) is 12.3 Å². The molecule has 0 aliphatic heterocycles. The van der Waals surface area contributed by atoms with Gasteiger partial charge in [-0.3, -0.25) is 4.98 Å². The number of methoxy groups -OCH3 is 1. The fraction of sp³-hybridized carbons (Fsp3) is 0.545. The van der Waals surface area contributed by atoms with Gasteiger partial charge in [-0.1, -0.05) is 6.92 Å². The molecule has 102 valence electrons. The van der Waals surface area contributed by atoms with Crippen molar-refractivity contribution < 1.29 is 13.2 Å². The Morgan fingerprint density at radius 2 is 2.22 bits per heavy atom. The van der Waals surface area contributed by atoms with E-state index in [-0.39, 0.29) is 10.9 Å². The number of primary sulfonamides is 1. The first-order valence-corrected chi connectivity index (χ1v) is 7.22. The summed E-state index contributed by atoms with van der Waals surface area (Å²) in [5.74, 6) is 0. The van der Waals surface area contributed by atoms with Gasteiger partial charge in [0, 0.05) is 31.5 Å². The highest BCUT2D eigenvalue weighted by Crippen LogP contribution is 2.07. The van der Waals surface area contributed by atoms with Gasteiger partial charge in [-0.05, 0) is 18.7 Å². The number of rotatable bonds is 7. The van der Waals surface area contributed by atoms with Crippen LogP contribution in [0.5, 0.6) is 0 Å². The molecule has 1 atom stereocenters. The third-order valence-electron chi connectivity index (χ3n) is 2.44. The molecule has 3 N–H and O–H groups in total. The van der Waals surface area contributed by atoms with Gasteiger partial charge in [0.1, 0.15) is 4.90 Å². The number of hydrogen-bond donors (Lipinski definition) is 2. The predicted molar refractivity (Wildman–Crippen MR) is 68.7 cm³/mol. The minimum absolute atomic E-state index is 0.0259. The van der Waals surface area contributed by atoms with Gasteiger partial charge in [0.05, 0.1) is 6.61 Å². The number of nitrogens with zero attached hydrogens (tertiary/aromatic N) is 1. The van der Waals surface area contributed by atoms with Crippen molar-refractivity contribution >= 4 is 10.0 Å². The second-order valence-corrected chi connectivity index (χ2v) is 5.51. The van der Waals surface area contributed by atoms with E-state index in [2.05, 4.69) is 10.3 Å². The first-order valence-electron chi connectivity index (χ1n) is 5.67. The van der Waals surface area contributed by atoms with E-state index < -0.39 is 10.0 Å². The minimum Gasteiger partial charge on any atom is -0.383 e. The summed E-state index contributed by atoms with van der Waals surface area (Å²) in [7, 11) is -2.03. The van der Waals surface area contributed by atoms with Gasteiger partial charge in [-0.15, -0.1) is 0 Å². The summed E-state index contributed by atoms with van der Waals surface area (Å²) in [6.45, 7) is 3.43. The molecule has 0 fully saturated rings. The molecule has 1 heterocycles. The fourth-order valence-corrected chi connectivity index (χ4v) is 2.09. The molecule has 0 radical (unpaired) electrons. The van der Waals surface area contributed by atoms with E-state index in [4.69, 9.17) is 9.88 Å². The standard InChI is InChI=1S/C11H19N3O3S/c1-3-13-10(8-17-2)6-9-4-5-11(7-14-9)18(12,15)16/h4-5,7,10,13H,3,6,8H2,1-2H3,(H2,12,15,16). The second-order valence-electron chi connectivity index (χ2n) is 3.94. The van der Waals surface area contributed by atoms with Crippen LogP contribution in [-0.2, 0) is 21.2 Å². The molecule has 0 spiro atoms. The molecular formula is C11H19N3O3S. The molecule has 6 nitrogen and oxygen atoms in total. The van der Waals surface area contributed by atoms with E-state index in [0.29, 0.717) is 13.0 Å². The molecular weight excluding hydrogens is 254 g/mol. The predicted octanol–water partition coefficient (Wildman–Crippen LogP) is -0.104. The summed E-state index contributed by atoms with van der Waals surface area (Å²) >= 11 is 0. The summed E-state index contributed by atoms with van der Waals surface area (Å²) in [5, 5.41) is 8.27. The number of ether oxygens (including phenoxy) is 1. The maximum Gasteiger partial charge on any atom is 0.239 e. The van der Waals surface area contributed by atoms with Crippen LogP contribution >= 0.6 is 0 Å². The van der Waals surface area contributed by atoms with Crippen LogP contribution < -0.4 is 10.5 Å². The van der Waals surface area contributed by atoms with Crippen molar-refractivity contribution in [2.75, 3.05) is 20.3 Å². The summed E-state index contributed by atoms with van der Waals surface area (Å²) in [5.41, 5.74) is 0.797. The highest BCUT2D eigenvalue weighted by molar-refractivity contribution is 7.89. The third-order valence-corrected chi connectivity index (χ3v) is 3.34. The number of pyridine rings is 1. The summed E-state index contributed by atoms with van der Waals surface area (Å²) < 4.78 is 27.3. The smallest absolute Gasteiger partial charge is 0.239 e. The van der Waals surface area contributed by atoms with Gasteiger partial charge in [-0.25, -0.2) is 13.6 Å². The molecule has 0 aliphatic carbocycles. The Hall–Kier alpha value is -1.02. The van der Waals surface area contributed by atoms with Crippen LogP contribution in [0.2, 0.25) is 0 Å². The van der Waals surface area contributed by atoms with E-state index in [1.54, 1.807) is 13.2 Å². The number of likely N-dealkylation sites (N-methyl/N-ethyl adjacent to an activating group) is 1. The van der Waals surface area contributed by atoms with Crippen molar-refractivity contribution in [3.8, 4) is 0 Å². The molecule has 1 rings (SSSR count). The molecule has 0 bridgehead atoms. The van der Waals surface area contributed by atoms with Crippen molar-refractivity contribution in [1.29, 1.82) is 0 Å². The monoisotopic (exact) mass is 273 g/mol. The van der Waals surface area contributed by atoms with Gasteiger partial charge < -0.3 is 10.1 Å². The number of nitrogens with two attached hydrogens (primary N) is 1. The molecule has 0 aliphatic rings. The molecule has 0 saturated heterocycles. The molecule has 7 heteroatoms. The van der Waals surface area contributed by atoms with Gasteiger partial charge in [0.15, 0.2) is 0 Å². The average molecular weight is 273 g/mol. The second kappa shape index (κ2) is 6.79. The van der Waals surface area contributed by atoms with Gasteiger partial charge in [0.2, 0.25) is 10.0 Å². The summed E-state index contributed by atoms with van der Waals surface area (Å²) in [6, 6.07) is 3.29. The van der Waals surface area contributed by atoms with Crippen molar-refractivity contribution in [3.63, 3.8) is 0 Å². The van der Waals surface area contributed by atoms with Crippen LogP contribution in [0, 0.1) is 0 Å². The molecule has 1 aromatic heterocycles. The number of nitrogens with one attached hydrogen (secondary N) is 1. The lowest BCUT2D eigenvalue weighted by Crippen LogP contribution is -2.35. The number of sulfonamides is 1. The lowest BCUT2D eigenvalue weighted by atomic mass is 10.1. The number of aromatic nitrogens is 1. The van der Waals surface area contributed by atoms with E-state index in [1.807, 2.05) is 6.92 Å². The summed E-state index contributed by atoms with van der Waals surface area (Å²) in [6.07, 6.45) is 1.95. The number of hydrogen-bond acceptors (Lipinski definition) is 5.